The van der Waals surface area contributed by atoms with E-state index in [9.17, 15) is 13.2 Å². The summed E-state index contributed by atoms with van der Waals surface area (Å²) in [5.41, 5.74) is 5.58. The lowest BCUT2D eigenvalue weighted by Crippen LogP contribution is -2.54. The first kappa shape index (κ1) is 13.7. The van der Waals surface area contributed by atoms with Crippen molar-refractivity contribution in [2.45, 2.75) is 25.6 Å². The number of hydrogen-bond acceptors (Lipinski definition) is 3. The van der Waals surface area contributed by atoms with E-state index in [0.717, 1.165) is 6.54 Å². The second kappa shape index (κ2) is 4.89. The summed E-state index contributed by atoms with van der Waals surface area (Å²) < 4.78 is 36.4. The van der Waals surface area contributed by atoms with E-state index >= 15 is 0 Å². The van der Waals surface area contributed by atoms with E-state index in [1.165, 1.54) is 4.90 Å². The minimum atomic E-state index is -4.09. The first-order chi connectivity index (χ1) is 7.16. The predicted octanol–water partition coefficient (Wildman–Crippen LogP) is 0.904. The lowest BCUT2D eigenvalue weighted by molar-refractivity contribution is -0.149. The Kier molecular flexibility index (Phi) is 4.20. The predicted molar refractivity (Wildman–Crippen MR) is 57.2 cm³/mol. The molecule has 0 aromatic carbocycles. The van der Waals surface area contributed by atoms with Gasteiger partial charge in [-0.2, -0.15) is 13.2 Å². The summed E-state index contributed by atoms with van der Waals surface area (Å²) in [7, 11) is 0. The van der Waals surface area contributed by atoms with Crippen LogP contribution in [0.3, 0.4) is 0 Å². The summed E-state index contributed by atoms with van der Waals surface area (Å²) in [6.07, 6.45) is -4.09. The van der Waals surface area contributed by atoms with Crippen LogP contribution in [0, 0.1) is 0 Å². The van der Waals surface area contributed by atoms with Crippen LogP contribution in [-0.4, -0.2) is 60.8 Å². The number of rotatable bonds is 3. The van der Waals surface area contributed by atoms with Crippen molar-refractivity contribution in [2.75, 3.05) is 39.3 Å². The van der Waals surface area contributed by atoms with Gasteiger partial charge in [0.25, 0.3) is 0 Å². The molecule has 0 aromatic rings. The Morgan fingerprint density at radius 2 is 1.31 bits per heavy atom. The molecule has 1 fully saturated rings. The largest absolute Gasteiger partial charge is 0.401 e. The summed E-state index contributed by atoms with van der Waals surface area (Å²) in [5, 5.41) is 0. The van der Waals surface area contributed by atoms with Crippen molar-refractivity contribution in [3.05, 3.63) is 0 Å². The lowest BCUT2D eigenvalue weighted by Gasteiger charge is -2.37. The first-order valence-corrected chi connectivity index (χ1v) is 5.46. The smallest absolute Gasteiger partial charge is 0.324 e. The standard InChI is InChI=1S/C10H20F3N3/c1-9(2,14)7-15-3-5-16(6-4-15)8-10(11,12)13/h3-8,14H2,1-2H3. The highest BCUT2D eigenvalue weighted by Crippen LogP contribution is 2.17. The van der Waals surface area contributed by atoms with Crippen molar-refractivity contribution in [1.29, 1.82) is 0 Å². The molecule has 1 aliphatic heterocycles. The molecule has 0 radical (unpaired) electrons. The normalized spacial score (nSPS) is 21.4. The van der Waals surface area contributed by atoms with E-state index in [2.05, 4.69) is 4.90 Å². The van der Waals surface area contributed by atoms with Crippen molar-refractivity contribution in [2.24, 2.45) is 5.73 Å². The first-order valence-electron chi connectivity index (χ1n) is 5.46. The van der Waals surface area contributed by atoms with Crippen molar-refractivity contribution in [1.82, 2.24) is 9.80 Å². The van der Waals surface area contributed by atoms with Crippen LogP contribution in [0.5, 0.6) is 0 Å². The van der Waals surface area contributed by atoms with Gasteiger partial charge in [-0.15, -0.1) is 0 Å². The molecule has 0 saturated carbocycles. The highest BCUT2D eigenvalue weighted by atomic mass is 19.4. The van der Waals surface area contributed by atoms with Crippen LogP contribution in [0.15, 0.2) is 0 Å². The van der Waals surface area contributed by atoms with E-state index in [0.29, 0.717) is 26.2 Å². The molecule has 2 N–H and O–H groups in total. The van der Waals surface area contributed by atoms with Crippen LogP contribution in [0.4, 0.5) is 13.2 Å². The van der Waals surface area contributed by atoms with Crippen LogP contribution in [0.2, 0.25) is 0 Å². The van der Waals surface area contributed by atoms with Gasteiger partial charge in [-0.25, -0.2) is 0 Å². The fourth-order valence-corrected chi connectivity index (χ4v) is 1.94. The molecule has 0 aromatic heterocycles. The molecule has 16 heavy (non-hydrogen) atoms. The molecule has 0 unspecified atom stereocenters. The fraction of sp³-hybridized carbons (Fsp3) is 1.00. The summed E-state index contributed by atoms with van der Waals surface area (Å²) in [6.45, 7) is 6.04. The Bertz CT molecular complexity index is 190. The number of hydrogen-bond donors (Lipinski definition) is 1. The van der Waals surface area contributed by atoms with Crippen molar-refractivity contribution >= 4 is 0 Å². The minimum Gasteiger partial charge on any atom is -0.324 e. The van der Waals surface area contributed by atoms with Gasteiger partial charge in [0.15, 0.2) is 0 Å². The summed E-state index contributed by atoms with van der Waals surface area (Å²) >= 11 is 0. The molecule has 3 nitrogen and oxygen atoms in total. The molecular weight excluding hydrogens is 219 g/mol. The van der Waals surface area contributed by atoms with Gasteiger partial charge in [-0.1, -0.05) is 0 Å². The van der Waals surface area contributed by atoms with Crippen LogP contribution >= 0.6 is 0 Å². The molecule has 0 aliphatic carbocycles. The summed E-state index contributed by atoms with van der Waals surface area (Å²) in [5.74, 6) is 0. The molecule has 0 atom stereocenters. The molecule has 1 saturated heterocycles. The summed E-state index contributed by atoms with van der Waals surface area (Å²) in [6, 6.07) is 0. The van der Waals surface area contributed by atoms with E-state index in [1.807, 2.05) is 13.8 Å². The molecule has 1 heterocycles. The minimum absolute atomic E-state index is 0.286. The zero-order valence-corrected chi connectivity index (χ0v) is 9.85. The maximum absolute atomic E-state index is 12.1. The number of piperazine rings is 1. The van der Waals surface area contributed by atoms with Crippen LogP contribution < -0.4 is 5.73 Å². The topological polar surface area (TPSA) is 32.5 Å². The van der Waals surface area contributed by atoms with Crippen molar-refractivity contribution in [3.8, 4) is 0 Å². The van der Waals surface area contributed by atoms with Gasteiger partial charge in [0, 0.05) is 38.3 Å². The van der Waals surface area contributed by atoms with E-state index in [4.69, 9.17) is 5.73 Å². The van der Waals surface area contributed by atoms with Crippen LogP contribution in [-0.2, 0) is 0 Å². The molecule has 0 amide bonds. The molecular formula is C10H20F3N3. The molecule has 0 spiro atoms. The quantitative estimate of drug-likeness (QED) is 0.794. The Labute approximate surface area is 94.4 Å². The Morgan fingerprint density at radius 3 is 1.62 bits per heavy atom. The van der Waals surface area contributed by atoms with Crippen molar-refractivity contribution in [3.63, 3.8) is 0 Å². The van der Waals surface area contributed by atoms with E-state index in [1.54, 1.807) is 0 Å². The number of halogens is 3. The maximum Gasteiger partial charge on any atom is 0.401 e. The van der Waals surface area contributed by atoms with Gasteiger partial charge in [0.05, 0.1) is 6.54 Å². The second-order valence-electron chi connectivity index (χ2n) is 5.16. The summed E-state index contributed by atoms with van der Waals surface area (Å²) in [4.78, 5) is 3.56. The fourth-order valence-electron chi connectivity index (χ4n) is 1.94. The monoisotopic (exact) mass is 239 g/mol. The van der Waals surface area contributed by atoms with Gasteiger partial charge < -0.3 is 5.73 Å². The third-order valence-corrected chi connectivity index (χ3v) is 2.50. The molecule has 0 bridgehead atoms. The van der Waals surface area contributed by atoms with Gasteiger partial charge in [-0.3, -0.25) is 9.80 Å². The number of nitrogens with two attached hydrogens (primary N) is 1. The van der Waals surface area contributed by atoms with E-state index in [-0.39, 0.29) is 5.54 Å². The van der Waals surface area contributed by atoms with Gasteiger partial charge in [0.2, 0.25) is 0 Å². The number of nitrogens with zero attached hydrogens (tertiary/aromatic N) is 2. The van der Waals surface area contributed by atoms with Crippen LogP contribution in [0.25, 0.3) is 0 Å². The van der Waals surface area contributed by atoms with E-state index < -0.39 is 12.7 Å². The Balaban J connectivity index is 2.29. The molecule has 96 valence electrons. The van der Waals surface area contributed by atoms with Crippen LogP contribution in [0.1, 0.15) is 13.8 Å². The van der Waals surface area contributed by atoms with Gasteiger partial charge in [-0.05, 0) is 13.8 Å². The number of alkyl halides is 3. The Morgan fingerprint density at radius 1 is 0.938 bits per heavy atom. The third-order valence-electron chi connectivity index (χ3n) is 2.50. The third kappa shape index (κ3) is 5.67. The average Bonchev–Trinajstić information content (AvgIpc) is 2.03. The second-order valence-corrected chi connectivity index (χ2v) is 5.16. The zero-order valence-electron chi connectivity index (χ0n) is 9.85. The Hall–Kier alpha value is -0.330. The molecule has 6 heteroatoms. The highest BCUT2D eigenvalue weighted by Gasteiger charge is 2.32. The SMILES string of the molecule is CC(C)(N)CN1CCN(CC(F)(F)F)CC1. The van der Waals surface area contributed by atoms with Gasteiger partial charge in [0.1, 0.15) is 0 Å². The van der Waals surface area contributed by atoms with Gasteiger partial charge >= 0.3 is 6.18 Å². The zero-order chi connectivity index (χ0) is 12.4. The molecule has 1 rings (SSSR count). The lowest BCUT2D eigenvalue weighted by atomic mass is 10.1. The molecule has 1 aliphatic rings. The van der Waals surface area contributed by atoms with Crippen molar-refractivity contribution < 1.29 is 13.2 Å². The highest BCUT2D eigenvalue weighted by molar-refractivity contribution is 4.81. The average molecular weight is 239 g/mol. The maximum atomic E-state index is 12.1.